The number of oxime groups is 1. The molecular formula is C22H25N7O7S4. The molecule has 1 saturated heterocycles. The minimum atomic E-state index is -0.947. The SMILES string of the molecule is CO/N=C(/C(=O)N[C@@H]1C(=O)N2C(C(=O)OCOC(=O)C(C)(C)C)=C(CSc3cnns3)CS[C@H]12)c1csc(N)n1. The van der Waals surface area contributed by atoms with Crippen LogP contribution in [-0.2, 0) is 33.5 Å². The third-order valence-corrected chi connectivity index (χ3v) is 9.35. The van der Waals surface area contributed by atoms with E-state index in [1.54, 1.807) is 32.3 Å². The zero-order valence-corrected chi connectivity index (χ0v) is 25.0. The second kappa shape index (κ2) is 12.5. The third kappa shape index (κ3) is 6.56. The first-order chi connectivity index (χ1) is 19.0. The van der Waals surface area contributed by atoms with Crippen molar-refractivity contribution in [2.45, 2.75) is 36.4 Å². The molecule has 0 aliphatic carbocycles. The molecule has 0 unspecified atom stereocenters. The zero-order valence-electron chi connectivity index (χ0n) is 21.7. The molecule has 0 saturated carbocycles. The fraction of sp³-hybridized carbons (Fsp3) is 0.455. The number of ether oxygens (including phenoxy) is 2. The summed E-state index contributed by atoms with van der Waals surface area (Å²) in [5.74, 6) is -1.81. The van der Waals surface area contributed by atoms with Crippen LogP contribution in [0.4, 0.5) is 5.13 Å². The number of hydrogen-bond acceptors (Lipinski definition) is 16. The molecule has 14 nitrogen and oxygen atoms in total. The number of carbonyl (C=O) groups excluding carboxylic acids is 4. The summed E-state index contributed by atoms with van der Waals surface area (Å²) in [6.07, 6.45) is 1.61. The van der Waals surface area contributed by atoms with Crippen LogP contribution < -0.4 is 11.1 Å². The summed E-state index contributed by atoms with van der Waals surface area (Å²) < 4.78 is 15.0. The predicted molar refractivity (Wildman–Crippen MR) is 149 cm³/mol. The Hall–Kier alpha value is -3.22. The molecule has 18 heteroatoms. The highest BCUT2D eigenvalue weighted by molar-refractivity contribution is 8.01. The number of hydrogen-bond donors (Lipinski definition) is 2. The highest BCUT2D eigenvalue weighted by Gasteiger charge is 2.54. The maximum absolute atomic E-state index is 13.3. The lowest BCUT2D eigenvalue weighted by Crippen LogP contribution is -2.71. The lowest BCUT2D eigenvalue weighted by molar-refractivity contribution is -0.173. The van der Waals surface area contributed by atoms with Crippen LogP contribution in [-0.4, -0.2) is 85.8 Å². The molecular weight excluding hydrogens is 603 g/mol. The van der Waals surface area contributed by atoms with E-state index in [-0.39, 0.29) is 22.2 Å². The highest BCUT2D eigenvalue weighted by Crippen LogP contribution is 2.42. The Morgan fingerprint density at radius 1 is 1.30 bits per heavy atom. The second-order valence-corrected chi connectivity index (χ2v) is 13.3. The minimum absolute atomic E-state index is 0.0501. The average molecular weight is 628 g/mol. The van der Waals surface area contributed by atoms with Crippen LogP contribution in [0.2, 0.25) is 0 Å². The lowest BCUT2D eigenvalue weighted by atomic mass is 9.98. The van der Waals surface area contributed by atoms with Gasteiger partial charge in [0.15, 0.2) is 10.8 Å². The first-order valence-electron chi connectivity index (χ1n) is 11.6. The van der Waals surface area contributed by atoms with Gasteiger partial charge in [0.05, 0.1) is 11.6 Å². The standard InChI is InChI=1S/C22H25N7O7S4/c1-22(2,3)20(33)36-9-35-19(32)15-10(6-37-12-5-24-28-40-12)7-38-18-14(17(31)29(15)18)26-16(30)13(27-34-4)11-8-39-21(23)25-11/h5,8,14,18H,6-7,9H2,1-4H3,(H2,23,25)(H,26,30)/b27-13+/t14-,18-/m1/s1. The number of nitrogens with zero attached hydrogens (tertiary/aromatic N) is 5. The fourth-order valence-corrected chi connectivity index (χ4v) is 6.94. The van der Waals surface area contributed by atoms with Crippen LogP contribution in [0.3, 0.4) is 0 Å². The molecule has 2 amide bonds. The van der Waals surface area contributed by atoms with Gasteiger partial charge in [0.2, 0.25) is 6.79 Å². The number of aromatic nitrogens is 3. The molecule has 4 rings (SSSR count). The van der Waals surface area contributed by atoms with Crippen LogP contribution in [0.25, 0.3) is 0 Å². The molecule has 0 aromatic carbocycles. The number of β-lactam (4-membered cyclic amide) rings is 1. The highest BCUT2D eigenvalue weighted by atomic mass is 32.2. The molecule has 2 aromatic rings. The summed E-state index contributed by atoms with van der Waals surface area (Å²) in [4.78, 5) is 61.7. The Morgan fingerprint density at radius 2 is 2.08 bits per heavy atom. The molecule has 0 spiro atoms. The van der Waals surface area contributed by atoms with Crippen molar-refractivity contribution in [3.8, 4) is 0 Å². The van der Waals surface area contributed by atoms with Gasteiger partial charge in [-0.15, -0.1) is 40.0 Å². The van der Waals surface area contributed by atoms with Gasteiger partial charge in [-0.1, -0.05) is 9.64 Å². The summed E-state index contributed by atoms with van der Waals surface area (Å²) in [5.41, 5.74) is 5.65. The molecule has 2 aromatic heterocycles. The van der Waals surface area contributed by atoms with Crippen molar-refractivity contribution in [1.82, 2.24) is 24.8 Å². The van der Waals surface area contributed by atoms with E-state index < -0.39 is 47.4 Å². The monoisotopic (exact) mass is 627 g/mol. The molecule has 2 atom stereocenters. The van der Waals surface area contributed by atoms with Gasteiger partial charge < -0.3 is 25.4 Å². The van der Waals surface area contributed by atoms with Crippen molar-refractivity contribution < 1.29 is 33.5 Å². The topological polar surface area (TPSA) is 188 Å². The van der Waals surface area contributed by atoms with Crippen molar-refractivity contribution in [2.75, 3.05) is 31.1 Å². The molecule has 2 aliphatic rings. The normalized spacial score (nSPS) is 19.1. The summed E-state index contributed by atoms with van der Waals surface area (Å²) in [6.45, 7) is 4.41. The van der Waals surface area contributed by atoms with Gasteiger partial charge in [0.1, 0.15) is 34.1 Å². The molecule has 4 heterocycles. The van der Waals surface area contributed by atoms with Crippen molar-refractivity contribution in [3.05, 3.63) is 28.5 Å². The third-order valence-electron chi connectivity index (χ3n) is 5.41. The molecule has 214 valence electrons. The Morgan fingerprint density at radius 3 is 2.70 bits per heavy atom. The first kappa shape index (κ1) is 29.8. The fourth-order valence-electron chi connectivity index (χ4n) is 3.49. The number of fused-ring (bicyclic) bond motifs is 1. The van der Waals surface area contributed by atoms with Gasteiger partial charge in [-0.3, -0.25) is 19.3 Å². The van der Waals surface area contributed by atoms with Gasteiger partial charge in [0.25, 0.3) is 11.8 Å². The van der Waals surface area contributed by atoms with Crippen molar-refractivity contribution in [2.24, 2.45) is 10.6 Å². The summed E-state index contributed by atoms with van der Waals surface area (Å²) in [5, 5.41) is 11.4. The van der Waals surface area contributed by atoms with E-state index in [9.17, 15) is 19.2 Å². The molecule has 1 fully saturated rings. The van der Waals surface area contributed by atoms with E-state index in [1.165, 1.54) is 47.1 Å². The minimum Gasteiger partial charge on any atom is -0.427 e. The summed E-state index contributed by atoms with van der Waals surface area (Å²) in [7, 11) is 1.28. The van der Waals surface area contributed by atoms with E-state index >= 15 is 0 Å². The van der Waals surface area contributed by atoms with E-state index in [0.29, 0.717) is 17.1 Å². The molecule has 2 aliphatic heterocycles. The Labute approximate surface area is 245 Å². The van der Waals surface area contributed by atoms with Gasteiger partial charge >= 0.3 is 11.9 Å². The number of thioether (sulfide) groups is 2. The van der Waals surface area contributed by atoms with Crippen molar-refractivity contribution >= 4 is 81.0 Å². The Kier molecular flexibility index (Phi) is 9.32. The quantitative estimate of drug-likeness (QED) is 0.0963. The molecule has 3 N–H and O–H groups in total. The molecule has 40 heavy (non-hydrogen) atoms. The molecule has 0 bridgehead atoms. The Balaban J connectivity index is 1.50. The van der Waals surface area contributed by atoms with Crippen LogP contribution >= 0.6 is 46.4 Å². The number of amides is 2. The first-order valence-corrected chi connectivity index (χ1v) is 15.2. The second-order valence-electron chi connectivity index (χ2n) is 9.26. The zero-order chi connectivity index (χ0) is 29.0. The van der Waals surface area contributed by atoms with E-state index in [2.05, 4.69) is 25.0 Å². The number of thiazole rings is 1. The van der Waals surface area contributed by atoms with Gasteiger partial charge in [-0.2, -0.15) is 0 Å². The predicted octanol–water partition coefficient (Wildman–Crippen LogP) is 1.46. The average Bonchev–Trinajstić information content (AvgIpc) is 3.59. The van der Waals surface area contributed by atoms with Gasteiger partial charge in [-0.25, -0.2) is 9.78 Å². The number of nitrogens with two attached hydrogens (primary N) is 1. The lowest BCUT2D eigenvalue weighted by Gasteiger charge is -2.49. The van der Waals surface area contributed by atoms with Gasteiger partial charge in [0, 0.05) is 16.9 Å². The van der Waals surface area contributed by atoms with Crippen LogP contribution in [0, 0.1) is 5.41 Å². The number of nitrogens with one attached hydrogen (secondary N) is 1. The number of anilines is 1. The largest absolute Gasteiger partial charge is 0.427 e. The van der Waals surface area contributed by atoms with Crippen LogP contribution in [0.1, 0.15) is 26.5 Å². The maximum atomic E-state index is 13.3. The number of esters is 2. The van der Waals surface area contributed by atoms with Gasteiger partial charge in [-0.05, 0) is 37.9 Å². The van der Waals surface area contributed by atoms with E-state index in [1.807, 2.05) is 0 Å². The Bertz CT molecular complexity index is 1350. The number of rotatable bonds is 10. The molecule has 0 radical (unpaired) electrons. The summed E-state index contributed by atoms with van der Waals surface area (Å²) in [6, 6.07) is -0.947. The van der Waals surface area contributed by atoms with E-state index in [0.717, 1.165) is 15.5 Å². The van der Waals surface area contributed by atoms with Crippen LogP contribution in [0.15, 0.2) is 32.2 Å². The summed E-state index contributed by atoms with van der Waals surface area (Å²) >= 11 is 5.13. The van der Waals surface area contributed by atoms with Crippen molar-refractivity contribution in [1.29, 1.82) is 0 Å². The van der Waals surface area contributed by atoms with Crippen molar-refractivity contribution in [3.63, 3.8) is 0 Å². The van der Waals surface area contributed by atoms with E-state index in [4.69, 9.17) is 20.0 Å². The van der Waals surface area contributed by atoms with Crippen LogP contribution in [0.5, 0.6) is 0 Å². The number of carbonyl (C=O) groups is 4. The maximum Gasteiger partial charge on any atom is 0.357 e. The number of nitrogen functional groups attached to an aromatic ring is 1. The smallest absolute Gasteiger partial charge is 0.357 e.